The van der Waals surface area contributed by atoms with Crippen molar-refractivity contribution in [2.45, 2.75) is 39.5 Å². The van der Waals surface area contributed by atoms with Crippen LogP contribution in [0.2, 0.25) is 5.02 Å². The fraction of sp³-hybridized carbons (Fsp3) is 0.417. The first-order chi connectivity index (χ1) is 16.2. The highest BCUT2D eigenvalue weighted by Gasteiger charge is 2.29. The van der Waals surface area contributed by atoms with Gasteiger partial charge in [-0.25, -0.2) is 9.48 Å². The van der Waals surface area contributed by atoms with E-state index < -0.39 is 6.10 Å². The lowest BCUT2D eigenvalue weighted by atomic mass is 10.1. The molecule has 4 heterocycles. The summed E-state index contributed by atoms with van der Waals surface area (Å²) in [5, 5.41) is 16.9. The highest BCUT2D eigenvalue weighted by Crippen LogP contribution is 2.30. The fourth-order valence-electron chi connectivity index (χ4n) is 4.72. The fourth-order valence-corrected chi connectivity index (χ4v) is 4.89. The number of aliphatic hydroxyl groups excluding tert-OH is 1. The maximum atomic E-state index is 13.3. The number of aromatic nitrogens is 5. The van der Waals surface area contributed by atoms with E-state index in [1.54, 1.807) is 21.5 Å². The summed E-state index contributed by atoms with van der Waals surface area (Å²) in [5.41, 5.74) is 1.35. The molecular formula is C24H27ClN6O3. The van der Waals surface area contributed by atoms with Gasteiger partial charge in [-0.3, -0.25) is 18.9 Å². The van der Waals surface area contributed by atoms with Gasteiger partial charge in [0.15, 0.2) is 5.65 Å². The third kappa shape index (κ3) is 3.78. The molecule has 0 spiro atoms. The van der Waals surface area contributed by atoms with E-state index in [0.717, 1.165) is 21.0 Å². The van der Waals surface area contributed by atoms with E-state index in [2.05, 4.69) is 4.98 Å². The number of rotatable bonds is 5. The quantitative estimate of drug-likeness (QED) is 0.469. The number of hydrogen-bond acceptors (Lipinski definition) is 6. The van der Waals surface area contributed by atoms with Crippen molar-refractivity contribution in [2.75, 3.05) is 18.0 Å². The van der Waals surface area contributed by atoms with Crippen molar-refractivity contribution in [1.29, 1.82) is 0 Å². The molecule has 1 N–H and O–H groups in total. The van der Waals surface area contributed by atoms with Gasteiger partial charge in [-0.1, -0.05) is 25.4 Å². The molecule has 34 heavy (non-hydrogen) atoms. The summed E-state index contributed by atoms with van der Waals surface area (Å²) < 4.78 is 4.50. The number of halogens is 1. The van der Waals surface area contributed by atoms with Gasteiger partial charge in [0, 0.05) is 43.3 Å². The van der Waals surface area contributed by atoms with Gasteiger partial charge in [-0.15, -0.1) is 0 Å². The molecule has 1 unspecified atom stereocenters. The Hall–Kier alpha value is -3.17. The molecule has 10 heteroatoms. The monoisotopic (exact) mass is 482 g/mol. The van der Waals surface area contributed by atoms with Crippen LogP contribution in [-0.2, 0) is 20.1 Å². The molecule has 1 saturated heterocycles. The lowest BCUT2D eigenvalue weighted by molar-refractivity contribution is 0.198. The minimum absolute atomic E-state index is 0.187. The summed E-state index contributed by atoms with van der Waals surface area (Å²) >= 11 is 6.27. The van der Waals surface area contributed by atoms with Crippen LogP contribution < -0.4 is 16.1 Å². The molecule has 0 amide bonds. The predicted molar refractivity (Wildman–Crippen MR) is 133 cm³/mol. The second-order valence-corrected chi connectivity index (χ2v) is 9.79. The summed E-state index contributed by atoms with van der Waals surface area (Å²) in [6, 6.07) is 7.45. The van der Waals surface area contributed by atoms with Gasteiger partial charge in [-0.2, -0.15) is 5.10 Å². The smallest absolute Gasteiger partial charge is 0.332 e. The molecule has 9 nitrogen and oxygen atoms in total. The van der Waals surface area contributed by atoms with Crippen LogP contribution in [0.25, 0.3) is 21.9 Å². The van der Waals surface area contributed by atoms with Crippen molar-refractivity contribution in [2.24, 2.45) is 13.0 Å². The van der Waals surface area contributed by atoms with Crippen LogP contribution in [0.5, 0.6) is 0 Å². The molecule has 0 bridgehead atoms. The normalized spacial score (nSPS) is 16.4. The van der Waals surface area contributed by atoms with E-state index in [-0.39, 0.29) is 17.2 Å². The largest absolute Gasteiger partial charge is 0.391 e. The Morgan fingerprint density at radius 2 is 2.03 bits per heavy atom. The van der Waals surface area contributed by atoms with Gasteiger partial charge in [0.05, 0.1) is 18.2 Å². The SMILES string of the molecule is CC(C)Cn1c(=O)n(C)c(=O)c2c(N3CCC(O)C3)n(Cc3ccnc4ccc(Cl)cc34)nc21. The Bertz CT molecular complexity index is 1520. The van der Waals surface area contributed by atoms with E-state index in [1.807, 2.05) is 36.9 Å². The Morgan fingerprint density at radius 1 is 1.24 bits per heavy atom. The molecule has 4 aromatic rings. The van der Waals surface area contributed by atoms with E-state index >= 15 is 0 Å². The molecule has 0 aliphatic carbocycles. The summed E-state index contributed by atoms with van der Waals surface area (Å²) in [7, 11) is 1.50. The standard InChI is InChI=1S/C24H27ClN6O3/c1-14(2)11-30-21-20(23(33)28(3)24(30)34)22(29-9-7-17(32)13-29)31(27-21)12-15-6-8-26-19-5-4-16(25)10-18(15)19/h4-6,8,10,14,17,32H,7,9,11-13H2,1-3H3. The first kappa shape index (κ1) is 22.6. The van der Waals surface area contributed by atoms with Crippen LogP contribution in [-0.4, -0.2) is 48.2 Å². The van der Waals surface area contributed by atoms with Crippen LogP contribution >= 0.6 is 11.6 Å². The molecule has 5 rings (SSSR count). The van der Waals surface area contributed by atoms with Crippen LogP contribution in [0.15, 0.2) is 40.1 Å². The highest BCUT2D eigenvalue weighted by atomic mass is 35.5. The van der Waals surface area contributed by atoms with Crippen molar-refractivity contribution in [1.82, 2.24) is 23.9 Å². The van der Waals surface area contributed by atoms with E-state index in [4.69, 9.17) is 16.7 Å². The molecule has 3 aromatic heterocycles. The third-order valence-electron chi connectivity index (χ3n) is 6.32. The first-order valence-electron chi connectivity index (χ1n) is 11.4. The molecule has 1 fully saturated rings. The Labute approximate surface area is 200 Å². The number of nitrogens with zero attached hydrogens (tertiary/aromatic N) is 6. The lowest BCUT2D eigenvalue weighted by Crippen LogP contribution is -2.39. The number of benzene rings is 1. The Balaban J connectivity index is 1.78. The second kappa shape index (κ2) is 8.56. The molecule has 1 aromatic carbocycles. The summed E-state index contributed by atoms with van der Waals surface area (Å²) in [6.45, 7) is 5.83. The van der Waals surface area contributed by atoms with Crippen LogP contribution in [0.3, 0.4) is 0 Å². The summed E-state index contributed by atoms with van der Waals surface area (Å²) in [4.78, 5) is 32.8. The van der Waals surface area contributed by atoms with Crippen molar-refractivity contribution >= 4 is 39.4 Å². The highest BCUT2D eigenvalue weighted by molar-refractivity contribution is 6.31. The van der Waals surface area contributed by atoms with E-state index in [9.17, 15) is 14.7 Å². The number of anilines is 1. The average Bonchev–Trinajstić information content (AvgIpc) is 3.39. The van der Waals surface area contributed by atoms with Gasteiger partial charge in [-0.05, 0) is 42.2 Å². The maximum Gasteiger partial charge on any atom is 0.332 e. The molecular weight excluding hydrogens is 456 g/mol. The van der Waals surface area contributed by atoms with Crippen LogP contribution in [0, 0.1) is 5.92 Å². The summed E-state index contributed by atoms with van der Waals surface area (Å²) in [6.07, 6.45) is 1.86. The van der Waals surface area contributed by atoms with Crippen molar-refractivity contribution in [3.05, 3.63) is 61.9 Å². The zero-order chi connectivity index (χ0) is 24.1. The molecule has 178 valence electrons. The Kier molecular flexibility index (Phi) is 5.69. The van der Waals surface area contributed by atoms with E-state index in [1.165, 1.54) is 7.05 Å². The molecule has 0 saturated carbocycles. The maximum absolute atomic E-state index is 13.3. The molecule has 1 atom stereocenters. The molecule has 0 radical (unpaired) electrons. The van der Waals surface area contributed by atoms with E-state index in [0.29, 0.717) is 54.5 Å². The Morgan fingerprint density at radius 3 is 2.74 bits per heavy atom. The van der Waals surface area contributed by atoms with Crippen LogP contribution in [0.1, 0.15) is 25.8 Å². The number of β-amino-alcohol motifs (C(OH)–C–C–N with tert-alkyl or cyclic N) is 1. The minimum atomic E-state index is -0.482. The van der Waals surface area contributed by atoms with Crippen molar-refractivity contribution in [3.8, 4) is 0 Å². The second-order valence-electron chi connectivity index (χ2n) is 9.35. The number of fused-ring (bicyclic) bond motifs is 2. The average molecular weight is 483 g/mol. The lowest BCUT2D eigenvalue weighted by Gasteiger charge is -2.20. The van der Waals surface area contributed by atoms with Gasteiger partial charge in [0.1, 0.15) is 11.2 Å². The summed E-state index contributed by atoms with van der Waals surface area (Å²) in [5.74, 6) is 0.809. The van der Waals surface area contributed by atoms with Crippen molar-refractivity contribution in [3.63, 3.8) is 0 Å². The van der Waals surface area contributed by atoms with Crippen molar-refractivity contribution < 1.29 is 5.11 Å². The van der Waals surface area contributed by atoms with Gasteiger partial charge in [0.25, 0.3) is 5.56 Å². The minimum Gasteiger partial charge on any atom is -0.391 e. The van der Waals surface area contributed by atoms with Gasteiger partial charge in [0.2, 0.25) is 0 Å². The number of pyridine rings is 1. The van der Waals surface area contributed by atoms with Gasteiger partial charge < -0.3 is 10.0 Å². The van der Waals surface area contributed by atoms with Crippen LogP contribution in [0.4, 0.5) is 5.82 Å². The third-order valence-corrected chi connectivity index (χ3v) is 6.56. The predicted octanol–water partition coefficient (Wildman–Crippen LogP) is 2.37. The number of aliphatic hydroxyl groups is 1. The van der Waals surface area contributed by atoms with Gasteiger partial charge >= 0.3 is 5.69 Å². The first-order valence-corrected chi connectivity index (χ1v) is 11.8. The molecule has 1 aliphatic rings. The molecule has 1 aliphatic heterocycles. The topological polar surface area (TPSA) is 98.2 Å². The zero-order valence-corrected chi connectivity index (χ0v) is 20.2. The zero-order valence-electron chi connectivity index (χ0n) is 19.4. The number of hydrogen-bond donors (Lipinski definition) is 1.